The van der Waals surface area contributed by atoms with Crippen LogP contribution in [0.1, 0.15) is 55.6 Å². The summed E-state index contributed by atoms with van der Waals surface area (Å²) in [5.74, 6) is 1.35. The number of hydrogen-bond donors (Lipinski definition) is 0. The number of methoxy groups -OCH3 is 2. The molecule has 0 spiro atoms. The second kappa shape index (κ2) is 10.1. The first kappa shape index (κ1) is 23.2. The largest absolute Gasteiger partial charge is 0.496 e. The first-order chi connectivity index (χ1) is 14.2. The monoisotopic (exact) mass is 410 g/mol. The van der Waals surface area contributed by atoms with Crippen LogP contribution < -0.4 is 14.2 Å². The molecule has 0 aliphatic rings. The average molecular weight is 411 g/mol. The summed E-state index contributed by atoms with van der Waals surface area (Å²) in [7, 11) is 3.22. The van der Waals surface area contributed by atoms with Crippen molar-refractivity contribution in [3.05, 3.63) is 59.2 Å². The smallest absolute Gasteiger partial charge is 0.316 e. The predicted octanol–water partition coefficient (Wildman–Crippen LogP) is 5.50. The minimum absolute atomic E-state index is 0.154. The molecule has 0 aliphatic heterocycles. The van der Waals surface area contributed by atoms with Gasteiger partial charge < -0.3 is 14.2 Å². The van der Waals surface area contributed by atoms with Crippen molar-refractivity contribution >= 4 is 17.8 Å². The van der Waals surface area contributed by atoms with Gasteiger partial charge in [0.1, 0.15) is 17.2 Å². The minimum atomic E-state index is -0.592. The van der Waals surface area contributed by atoms with Crippen molar-refractivity contribution < 1.29 is 23.8 Å². The van der Waals surface area contributed by atoms with Gasteiger partial charge in [0.2, 0.25) is 0 Å². The zero-order valence-corrected chi connectivity index (χ0v) is 18.6. The number of aryl methyl sites for hydroxylation is 1. The van der Waals surface area contributed by atoms with Gasteiger partial charge in [0.15, 0.2) is 5.78 Å². The Morgan fingerprint density at radius 1 is 0.967 bits per heavy atom. The zero-order chi connectivity index (χ0) is 22.3. The third-order valence-electron chi connectivity index (χ3n) is 4.53. The van der Waals surface area contributed by atoms with Crippen molar-refractivity contribution in [2.24, 2.45) is 5.41 Å². The van der Waals surface area contributed by atoms with Crippen LogP contribution in [0.25, 0.3) is 6.08 Å². The van der Waals surface area contributed by atoms with Crippen molar-refractivity contribution in [3.63, 3.8) is 0 Å². The van der Waals surface area contributed by atoms with E-state index < -0.39 is 5.41 Å². The molecule has 0 heterocycles. The number of carbonyl (C=O) groups excluding carboxylic acids is 2. The quantitative estimate of drug-likeness (QED) is 0.249. The molecule has 0 N–H and O–H groups in total. The lowest BCUT2D eigenvalue weighted by Crippen LogP contribution is -2.25. The number of carbonyl (C=O) groups is 2. The van der Waals surface area contributed by atoms with Crippen molar-refractivity contribution in [2.75, 3.05) is 14.2 Å². The summed E-state index contributed by atoms with van der Waals surface area (Å²) < 4.78 is 16.2. The van der Waals surface area contributed by atoms with Crippen LogP contribution >= 0.6 is 0 Å². The summed E-state index contributed by atoms with van der Waals surface area (Å²) >= 11 is 0. The van der Waals surface area contributed by atoms with Crippen LogP contribution in [0.15, 0.2) is 42.5 Å². The van der Waals surface area contributed by atoms with E-state index in [4.69, 9.17) is 14.2 Å². The first-order valence-electron chi connectivity index (χ1n) is 9.99. The molecule has 30 heavy (non-hydrogen) atoms. The molecule has 5 heteroatoms. The molecular weight excluding hydrogens is 380 g/mol. The summed E-state index contributed by atoms with van der Waals surface area (Å²) in [6.07, 6.45) is 5.11. The van der Waals surface area contributed by atoms with Gasteiger partial charge in [0.05, 0.1) is 19.6 Å². The number of hydrogen-bond acceptors (Lipinski definition) is 5. The highest BCUT2D eigenvalue weighted by Gasteiger charge is 2.23. The number of ether oxygens (including phenoxy) is 3. The fraction of sp³-hybridized carbons (Fsp3) is 0.360. The molecule has 160 valence electrons. The number of esters is 1. The Balaban J connectivity index is 2.19. The molecular formula is C25H30O5. The van der Waals surface area contributed by atoms with Gasteiger partial charge in [-0.25, -0.2) is 0 Å². The van der Waals surface area contributed by atoms with Gasteiger partial charge in [-0.2, -0.15) is 0 Å². The maximum Gasteiger partial charge on any atom is 0.316 e. The van der Waals surface area contributed by atoms with Crippen molar-refractivity contribution in [3.8, 4) is 17.2 Å². The fourth-order valence-electron chi connectivity index (χ4n) is 2.80. The van der Waals surface area contributed by atoms with Crippen molar-refractivity contribution in [1.82, 2.24) is 0 Å². The molecule has 0 saturated carbocycles. The number of ketones is 1. The molecule has 2 aromatic carbocycles. The Morgan fingerprint density at radius 2 is 1.60 bits per heavy atom. The predicted molar refractivity (Wildman–Crippen MR) is 118 cm³/mol. The topological polar surface area (TPSA) is 61.8 Å². The highest BCUT2D eigenvalue weighted by molar-refractivity contribution is 6.07. The molecule has 0 amide bonds. The van der Waals surface area contributed by atoms with Crippen LogP contribution in [0.2, 0.25) is 0 Å². The number of benzene rings is 2. The maximum atomic E-state index is 12.6. The second-order valence-electron chi connectivity index (χ2n) is 8.02. The summed E-state index contributed by atoms with van der Waals surface area (Å²) in [6.45, 7) is 7.47. The lowest BCUT2D eigenvalue weighted by Gasteiger charge is -2.16. The molecule has 0 fully saturated rings. The van der Waals surface area contributed by atoms with Crippen molar-refractivity contribution in [1.29, 1.82) is 0 Å². The SMILES string of the molecule is CCCc1cc(C=CC(=O)c2ccc(OC(=O)C(C)(C)C)cc2)c(OC)cc1OC. The molecule has 0 atom stereocenters. The first-order valence-corrected chi connectivity index (χ1v) is 9.99. The van der Waals surface area contributed by atoms with Gasteiger partial charge in [-0.15, -0.1) is 0 Å². The average Bonchev–Trinajstić information content (AvgIpc) is 2.72. The molecule has 5 nitrogen and oxygen atoms in total. The maximum absolute atomic E-state index is 12.6. The molecule has 0 saturated heterocycles. The fourth-order valence-corrected chi connectivity index (χ4v) is 2.80. The van der Waals surface area contributed by atoms with Crippen LogP contribution in [0.3, 0.4) is 0 Å². The van der Waals surface area contributed by atoms with E-state index in [1.54, 1.807) is 65.3 Å². The summed E-state index contributed by atoms with van der Waals surface area (Å²) in [5.41, 5.74) is 1.79. The summed E-state index contributed by atoms with van der Waals surface area (Å²) in [4.78, 5) is 24.6. The zero-order valence-electron chi connectivity index (χ0n) is 18.6. The van der Waals surface area contributed by atoms with Gasteiger partial charge in [-0.1, -0.05) is 13.3 Å². The lowest BCUT2D eigenvalue weighted by molar-refractivity contribution is -0.142. The third kappa shape index (κ3) is 5.96. The van der Waals surface area contributed by atoms with Crippen LogP contribution in [-0.4, -0.2) is 26.0 Å². The molecule has 0 aromatic heterocycles. The second-order valence-corrected chi connectivity index (χ2v) is 8.02. The van der Waals surface area contributed by atoms with E-state index in [9.17, 15) is 9.59 Å². The Morgan fingerprint density at radius 3 is 2.13 bits per heavy atom. The van der Waals surface area contributed by atoms with E-state index in [2.05, 4.69) is 6.92 Å². The molecule has 0 radical (unpaired) electrons. The minimum Gasteiger partial charge on any atom is -0.496 e. The third-order valence-corrected chi connectivity index (χ3v) is 4.53. The highest BCUT2D eigenvalue weighted by atomic mass is 16.5. The van der Waals surface area contributed by atoms with Gasteiger partial charge >= 0.3 is 5.97 Å². The van der Waals surface area contributed by atoms with E-state index in [-0.39, 0.29) is 11.8 Å². The number of rotatable bonds is 8. The molecule has 2 aromatic rings. The van der Waals surface area contributed by atoms with E-state index in [1.165, 1.54) is 6.08 Å². The standard InChI is InChI=1S/C25H30O5/c1-7-8-18-15-19(23(29-6)16-22(18)28-5)11-14-21(26)17-9-12-20(13-10-17)30-24(27)25(2,3)4/h9-16H,7-8H2,1-6H3. The van der Waals surface area contributed by atoms with Crippen LogP contribution in [0.4, 0.5) is 0 Å². The Kier molecular flexibility index (Phi) is 7.81. The Labute approximate surface area is 178 Å². The molecule has 0 unspecified atom stereocenters. The van der Waals surface area contributed by atoms with Crippen LogP contribution in [0.5, 0.6) is 17.2 Å². The van der Waals surface area contributed by atoms with Gasteiger partial charge in [-0.05, 0) is 75.2 Å². The highest BCUT2D eigenvalue weighted by Crippen LogP contribution is 2.31. The summed E-state index contributed by atoms with van der Waals surface area (Å²) in [5, 5.41) is 0. The normalized spacial score (nSPS) is 11.4. The van der Waals surface area contributed by atoms with Gasteiger partial charge in [0, 0.05) is 17.2 Å². The van der Waals surface area contributed by atoms with Crippen LogP contribution in [-0.2, 0) is 11.2 Å². The number of allylic oxidation sites excluding steroid dienone is 1. The molecule has 0 bridgehead atoms. The van der Waals surface area contributed by atoms with Gasteiger partial charge in [0.25, 0.3) is 0 Å². The lowest BCUT2D eigenvalue weighted by atomic mass is 9.97. The molecule has 2 rings (SSSR count). The Hall–Kier alpha value is -3.08. The van der Waals surface area contributed by atoms with E-state index in [1.807, 2.05) is 12.1 Å². The van der Waals surface area contributed by atoms with E-state index >= 15 is 0 Å². The van der Waals surface area contributed by atoms with E-state index in [0.29, 0.717) is 17.1 Å². The van der Waals surface area contributed by atoms with E-state index in [0.717, 1.165) is 29.7 Å². The summed E-state index contributed by atoms with van der Waals surface area (Å²) in [6, 6.07) is 10.4. The Bertz CT molecular complexity index is 918. The van der Waals surface area contributed by atoms with Crippen molar-refractivity contribution in [2.45, 2.75) is 40.5 Å². The molecule has 0 aliphatic carbocycles. The van der Waals surface area contributed by atoms with Gasteiger partial charge in [-0.3, -0.25) is 9.59 Å². The van der Waals surface area contributed by atoms with Crippen LogP contribution in [0, 0.1) is 5.41 Å².